The molecule has 0 atom stereocenters. The molecule has 1 aliphatic heterocycles. The Kier molecular flexibility index (Phi) is 5.64. The standard InChI is InChI=1S/C24H16ClFN2O3/c25-18-9-11-19(12-10-18)28-23(30)20(22(29)27-24(28)31)14-16-6-2-1-5-15(16)13-17-7-3-4-8-21(17)26/h1-12,14H,13H2,(H,27,29,31)/b20-14+. The molecule has 0 unspecified atom stereocenters. The zero-order valence-corrected chi connectivity index (χ0v) is 16.9. The lowest BCUT2D eigenvalue weighted by atomic mass is 9.97. The van der Waals surface area contributed by atoms with Gasteiger partial charge in [-0.05, 0) is 53.1 Å². The molecule has 0 bridgehead atoms. The van der Waals surface area contributed by atoms with Gasteiger partial charge in [-0.1, -0.05) is 54.1 Å². The highest BCUT2D eigenvalue weighted by molar-refractivity contribution is 6.39. The maximum absolute atomic E-state index is 14.1. The predicted octanol–water partition coefficient (Wildman–Crippen LogP) is 4.74. The maximum Gasteiger partial charge on any atom is 0.335 e. The fraction of sp³-hybridized carbons (Fsp3) is 0.0417. The van der Waals surface area contributed by atoms with Gasteiger partial charge < -0.3 is 0 Å². The Labute approximate surface area is 182 Å². The van der Waals surface area contributed by atoms with Gasteiger partial charge in [0.1, 0.15) is 11.4 Å². The number of benzene rings is 3. The van der Waals surface area contributed by atoms with Gasteiger partial charge in [0.15, 0.2) is 0 Å². The van der Waals surface area contributed by atoms with Gasteiger partial charge in [-0.2, -0.15) is 0 Å². The second-order valence-corrected chi connectivity index (χ2v) is 7.34. The monoisotopic (exact) mass is 434 g/mol. The average molecular weight is 435 g/mol. The molecule has 4 rings (SSSR count). The van der Waals surface area contributed by atoms with Crippen LogP contribution in [0.1, 0.15) is 16.7 Å². The van der Waals surface area contributed by atoms with E-state index < -0.39 is 17.8 Å². The lowest BCUT2D eigenvalue weighted by molar-refractivity contribution is -0.122. The Morgan fingerprint density at radius 2 is 1.52 bits per heavy atom. The van der Waals surface area contributed by atoms with Crippen LogP contribution in [0.4, 0.5) is 14.9 Å². The van der Waals surface area contributed by atoms with Crippen LogP contribution in [0.5, 0.6) is 0 Å². The van der Waals surface area contributed by atoms with Crippen LogP contribution >= 0.6 is 11.6 Å². The van der Waals surface area contributed by atoms with Gasteiger partial charge in [-0.25, -0.2) is 14.1 Å². The summed E-state index contributed by atoms with van der Waals surface area (Å²) in [6, 6.07) is 18.8. The Hall–Kier alpha value is -3.77. The second kappa shape index (κ2) is 8.53. The van der Waals surface area contributed by atoms with Gasteiger partial charge in [0.2, 0.25) is 0 Å². The van der Waals surface area contributed by atoms with Gasteiger partial charge in [0.25, 0.3) is 11.8 Å². The first-order valence-electron chi connectivity index (χ1n) is 9.42. The summed E-state index contributed by atoms with van der Waals surface area (Å²) in [6.07, 6.45) is 1.70. The molecule has 4 amide bonds. The quantitative estimate of drug-likeness (QED) is 0.476. The van der Waals surface area contributed by atoms with Crippen LogP contribution in [0.15, 0.2) is 78.4 Å². The molecule has 1 heterocycles. The molecule has 1 N–H and O–H groups in total. The highest BCUT2D eigenvalue weighted by Gasteiger charge is 2.36. The fourth-order valence-electron chi connectivity index (χ4n) is 3.32. The average Bonchev–Trinajstić information content (AvgIpc) is 2.75. The first-order valence-corrected chi connectivity index (χ1v) is 9.80. The van der Waals surface area contributed by atoms with Gasteiger partial charge in [0, 0.05) is 11.4 Å². The van der Waals surface area contributed by atoms with Gasteiger partial charge in [-0.15, -0.1) is 0 Å². The van der Waals surface area contributed by atoms with Crippen molar-refractivity contribution in [3.05, 3.63) is 106 Å². The summed E-state index contributed by atoms with van der Waals surface area (Å²) in [5.74, 6) is -1.88. The van der Waals surface area contributed by atoms with E-state index in [4.69, 9.17) is 11.6 Å². The van der Waals surface area contributed by atoms with E-state index in [9.17, 15) is 18.8 Å². The molecular weight excluding hydrogens is 419 g/mol. The zero-order chi connectivity index (χ0) is 22.0. The van der Waals surface area contributed by atoms with Crippen LogP contribution in [-0.4, -0.2) is 17.8 Å². The normalized spacial score (nSPS) is 15.4. The molecule has 7 heteroatoms. The number of halogens is 2. The van der Waals surface area contributed by atoms with Crippen molar-refractivity contribution in [2.45, 2.75) is 6.42 Å². The van der Waals surface area contributed by atoms with Crippen LogP contribution in [0.2, 0.25) is 5.02 Å². The fourth-order valence-corrected chi connectivity index (χ4v) is 3.45. The number of nitrogens with zero attached hydrogens (tertiary/aromatic N) is 1. The van der Waals surface area contributed by atoms with Gasteiger partial charge in [-0.3, -0.25) is 14.9 Å². The minimum atomic E-state index is -0.839. The van der Waals surface area contributed by atoms with Crippen LogP contribution < -0.4 is 10.2 Å². The number of hydrogen-bond donors (Lipinski definition) is 1. The number of anilines is 1. The van der Waals surface area contributed by atoms with Crippen LogP contribution in [0.25, 0.3) is 6.08 Å². The molecule has 0 radical (unpaired) electrons. The summed E-state index contributed by atoms with van der Waals surface area (Å²) < 4.78 is 14.1. The predicted molar refractivity (Wildman–Crippen MR) is 116 cm³/mol. The topological polar surface area (TPSA) is 66.5 Å². The molecule has 0 aromatic heterocycles. The summed E-state index contributed by atoms with van der Waals surface area (Å²) in [4.78, 5) is 38.7. The van der Waals surface area contributed by atoms with E-state index in [1.54, 1.807) is 54.6 Å². The van der Waals surface area contributed by atoms with E-state index in [1.807, 2.05) is 0 Å². The van der Waals surface area contributed by atoms with Crippen molar-refractivity contribution >= 4 is 41.2 Å². The summed E-state index contributed by atoms with van der Waals surface area (Å²) in [7, 11) is 0. The molecule has 1 saturated heterocycles. The molecule has 1 fully saturated rings. The number of rotatable bonds is 4. The Morgan fingerprint density at radius 1 is 0.871 bits per heavy atom. The smallest absolute Gasteiger partial charge is 0.273 e. The van der Waals surface area contributed by atoms with Crippen molar-refractivity contribution < 1.29 is 18.8 Å². The van der Waals surface area contributed by atoms with Crippen LogP contribution in [0, 0.1) is 5.82 Å². The number of carbonyl (C=O) groups excluding carboxylic acids is 3. The van der Waals surface area contributed by atoms with E-state index in [-0.39, 0.29) is 23.5 Å². The molecule has 3 aromatic rings. The van der Waals surface area contributed by atoms with E-state index in [0.717, 1.165) is 10.5 Å². The van der Waals surface area contributed by atoms with Crippen molar-refractivity contribution in [3.8, 4) is 0 Å². The Balaban J connectivity index is 1.71. The third-order valence-corrected chi connectivity index (χ3v) is 5.13. The van der Waals surface area contributed by atoms with Gasteiger partial charge >= 0.3 is 6.03 Å². The van der Waals surface area contributed by atoms with Crippen molar-refractivity contribution in [2.75, 3.05) is 4.90 Å². The SMILES string of the molecule is O=C1NC(=O)N(c2ccc(Cl)cc2)C(=O)/C1=C/c1ccccc1Cc1ccccc1F. The molecular formula is C24H16ClFN2O3. The highest BCUT2D eigenvalue weighted by Crippen LogP contribution is 2.25. The number of imide groups is 2. The third kappa shape index (κ3) is 4.25. The van der Waals surface area contributed by atoms with Crippen molar-refractivity contribution in [2.24, 2.45) is 0 Å². The van der Waals surface area contributed by atoms with Crippen molar-refractivity contribution in [3.63, 3.8) is 0 Å². The Morgan fingerprint density at radius 3 is 2.23 bits per heavy atom. The summed E-state index contributed by atoms with van der Waals surface area (Å²) >= 11 is 5.88. The van der Waals surface area contributed by atoms with Crippen molar-refractivity contribution in [1.82, 2.24) is 5.32 Å². The number of barbiturate groups is 1. The molecule has 1 aliphatic rings. The first-order chi connectivity index (χ1) is 14.9. The molecule has 31 heavy (non-hydrogen) atoms. The molecule has 3 aromatic carbocycles. The maximum atomic E-state index is 14.1. The third-order valence-electron chi connectivity index (χ3n) is 4.88. The minimum Gasteiger partial charge on any atom is -0.273 e. The largest absolute Gasteiger partial charge is 0.335 e. The van der Waals surface area contributed by atoms with Crippen LogP contribution in [0.3, 0.4) is 0 Å². The molecule has 154 valence electrons. The van der Waals surface area contributed by atoms with Crippen molar-refractivity contribution in [1.29, 1.82) is 0 Å². The molecule has 5 nitrogen and oxygen atoms in total. The summed E-state index contributed by atoms with van der Waals surface area (Å²) in [5, 5.41) is 2.63. The number of carbonyl (C=O) groups is 3. The second-order valence-electron chi connectivity index (χ2n) is 6.90. The first kappa shape index (κ1) is 20.5. The number of urea groups is 1. The molecule has 0 saturated carbocycles. The van der Waals surface area contributed by atoms with Crippen LogP contribution in [-0.2, 0) is 16.0 Å². The minimum absolute atomic E-state index is 0.199. The summed E-state index contributed by atoms with van der Waals surface area (Å²) in [5.41, 5.74) is 1.89. The highest BCUT2D eigenvalue weighted by atomic mass is 35.5. The lowest BCUT2D eigenvalue weighted by Gasteiger charge is -2.26. The molecule has 0 spiro atoms. The van der Waals surface area contributed by atoms with E-state index in [0.29, 0.717) is 16.1 Å². The van der Waals surface area contributed by atoms with E-state index in [2.05, 4.69) is 5.32 Å². The summed E-state index contributed by atoms with van der Waals surface area (Å²) in [6.45, 7) is 0. The molecule has 0 aliphatic carbocycles. The van der Waals surface area contributed by atoms with E-state index >= 15 is 0 Å². The number of nitrogens with one attached hydrogen (secondary N) is 1. The lowest BCUT2D eigenvalue weighted by Crippen LogP contribution is -2.54. The Bertz CT molecular complexity index is 1220. The number of amides is 4. The zero-order valence-electron chi connectivity index (χ0n) is 16.1. The number of hydrogen-bond acceptors (Lipinski definition) is 3. The van der Waals surface area contributed by atoms with Gasteiger partial charge in [0.05, 0.1) is 5.69 Å². The van der Waals surface area contributed by atoms with E-state index in [1.165, 1.54) is 24.3 Å².